The van der Waals surface area contributed by atoms with E-state index in [9.17, 15) is 19.5 Å². The van der Waals surface area contributed by atoms with Crippen molar-refractivity contribution in [2.24, 2.45) is 17.8 Å². The number of hydrogen-bond donors (Lipinski definition) is 1. The maximum atomic E-state index is 14.8. The largest absolute Gasteiger partial charge is 0.394 e. The van der Waals surface area contributed by atoms with Gasteiger partial charge in [-0.1, -0.05) is 95.2 Å². The van der Waals surface area contributed by atoms with Crippen LogP contribution in [0.4, 0.5) is 0 Å². The summed E-state index contributed by atoms with van der Waals surface area (Å²) >= 11 is 0. The van der Waals surface area contributed by atoms with E-state index in [1.807, 2.05) is 87.2 Å². The van der Waals surface area contributed by atoms with Gasteiger partial charge in [0.05, 0.1) is 30.1 Å². The summed E-state index contributed by atoms with van der Waals surface area (Å²) in [5, 5.41) is 10.6. The minimum absolute atomic E-state index is 0.0237. The summed E-state index contributed by atoms with van der Waals surface area (Å²) in [5.74, 6) is -2.29. The van der Waals surface area contributed by atoms with Gasteiger partial charge in [-0.25, -0.2) is 0 Å². The third-order valence-electron chi connectivity index (χ3n) is 10.3. The fraction of sp³-hybridized carbons (Fsp3) is 0.618. The Hall–Kier alpha value is -2.97. The van der Waals surface area contributed by atoms with Gasteiger partial charge in [-0.05, 0) is 31.2 Å². The van der Waals surface area contributed by atoms with Crippen molar-refractivity contribution in [3.8, 4) is 0 Å². The van der Waals surface area contributed by atoms with E-state index < -0.39 is 35.1 Å². The molecule has 0 aromatic heterocycles. The fourth-order valence-electron chi connectivity index (χ4n) is 7.86. The van der Waals surface area contributed by atoms with Crippen LogP contribution >= 0.6 is 0 Å². The average Bonchev–Trinajstić information content (AvgIpc) is 3.28. The van der Waals surface area contributed by atoms with Gasteiger partial charge in [-0.3, -0.25) is 14.4 Å². The van der Waals surface area contributed by atoms with Crippen LogP contribution < -0.4 is 0 Å². The van der Waals surface area contributed by atoms with Crippen molar-refractivity contribution in [2.45, 2.75) is 96.2 Å². The van der Waals surface area contributed by atoms with E-state index in [1.54, 1.807) is 9.80 Å². The summed E-state index contributed by atoms with van der Waals surface area (Å²) in [6.45, 7) is 11.1. The number of hydrogen-bond acceptors (Lipinski definition) is 5. The second kappa shape index (κ2) is 12.0. The SMILES string of the molecule is CCCC(C)N1CC=C[C@]23O[C@]4(CC)C=CCN(Cc5ccccc5)C(=O)[C@@H]4[C@H]2C(=O)N([C@@H](CO)[C@@H](C)CC)C3C1=O. The highest BCUT2D eigenvalue weighted by Crippen LogP contribution is 2.59. The smallest absolute Gasteiger partial charge is 0.249 e. The molecular formula is C34H47N3O5. The second-order valence-corrected chi connectivity index (χ2v) is 12.6. The van der Waals surface area contributed by atoms with Gasteiger partial charge >= 0.3 is 0 Å². The molecule has 42 heavy (non-hydrogen) atoms. The molecule has 0 saturated carbocycles. The molecule has 5 rings (SSSR count). The Morgan fingerprint density at radius 1 is 0.952 bits per heavy atom. The zero-order valence-electron chi connectivity index (χ0n) is 25.7. The summed E-state index contributed by atoms with van der Waals surface area (Å²) in [6, 6.07) is 8.31. The minimum Gasteiger partial charge on any atom is -0.394 e. The van der Waals surface area contributed by atoms with Gasteiger partial charge in [0.1, 0.15) is 11.6 Å². The molecule has 1 aromatic carbocycles. The Bertz CT molecular complexity index is 1230. The number of aliphatic hydroxyl groups is 1. The first-order chi connectivity index (χ1) is 20.2. The maximum Gasteiger partial charge on any atom is 0.249 e. The lowest BCUT2D eigenvalue weighted by Crippen LogP contribution is -2.60. The first-order valence-corrected chi connectivity index (χ1v) is 15.8. The number of fused-ring (bicyclic) bond motifs is 2. The van der Waals surface area contributed by atoms with Crippen molar-refractivity contribution in [1.82, 2.24) is 14.7 Å². The molecule has 0 bridgehead atoms. The first-order valence-electron chi connectivity index (χ1n) is 15.8. The summed E-state index contributed by atoms with van der Waals surface area (Å²) in [4.78, 5) is 49.3. The van der Waals surface area contributed by atoms with E-state index in [4.69, 9.17) is 4.74 Å². The number of benzene rings is 1. The molecule has 8 nitrogen and oxygen atoms in total. The number of carbonyl (C=O) groups excluding carboxylic acids is 3. The molecule has 2 unspecified atom stereocenters. The van der Waals surface area contributed by atoms with E-state index in [1.165, 1.54) is 0 Å². The predicted molar refractivity (Wildman–Crippen MR) is 161 cm³/mol. The van der Waals surface area contributed by atoms with E-state index >= 15 is 0 Å². The highest BCUT2D eigenvalue weighted by atomic mass is 16.5. The third-order valence-corrected chi connectivity index (χ3v) is 10.3. The average molecular weight is 578 g/mol. The van der Waals surface area contributed by atoms with Crippen molar-refractivity contribution in [1.29, 1.82) is 0 Å². The zero-order valence-corrected chi connectivity index (χ0v) is 25.7. The Morgan fingerprint density at radius 3 is 2.31 bits per heavy atom. The summed E-state index contributed by atoms with van der Waals surface area (Å²) < 4.78 is 7.10. The van der Waals surface area contributed by atoms with Crippen LogP contribution in [0, 0.1) is 17.8 Å². The van der Waals surface area contributed by atoms with Crippen molar-refractivity contribution in [3.05, 3.63) is 60.2 Å². The zero-order chi connectivity index (χ0) is 30.2. The van der Waals surface area contributed by atoms with Crippen molar-refractivity contribution >= 4 is 17.7 Å². The quantitative estimate of drug-likeness (QED) is 0.426. The molecule has 4 heterocycles. The van der Waals surface area contributed by atoms with Gasteiger partial charge in [0.2, 0.25) is 17.7 Å². The lowest BCUT2D eigenvalue weighted by molar-refractivity contribution is -0.159. The molecule has 8 heteroatoms. The summed E-state index contributed by atoms with van der Waals surface area (Å²) in [7, 11) is 0. The molecule has 1 spiro atoms. The van der Waals surface area contributed by atoms with Gasteiger partial charge in [-0.15, -0.1) is 0 Å². The van der Waals surface area contributed by atoms with Crippen LogP contribution in [0.15, 0.2) is 54.6 Å². The molecule has 4 aliphatic heterocycles. The van der Waals surface area contributed by atoms with Crippen LogP contribution in [-0.2, 0) is 25.7 Å². The highest BCUT2D eigenvalue weighted by molar-refractivity contribution is 6.00. The van der Waals surface area contributed by atoms with Crippen molar-refractivity contribution in [3.63, 3.8) is 0 Å². The lowest BCUT2D eigenvalue weighted by atomic mass is 9.73. The molecule has 1 aromatic rings. The van der Waals surface area contributed by atoms with E-state index in [0.717, 1.165) is 24.8 Å². The molecule has 2 saturated heterocycles. The van der Waals surface area contributed by atoms with Gasteiger partial charge < -0.3 is 24.5 Å². The van der Waals surface area contributed by atoms with E-state index in [0.29, 0.717) is 26.1 Å². The van der Waals surface area contributed by atoms with E-state index in [-0.39, 0.29) is 36.3 Å². The fourth-order valence-corrected chi connectivity index (χ4v) is 7.86. The normalized spacial score (nSPS) is 32.8. The summed E-state index contributed by atoms with van der Waals surface area (Å²) in [6.07, 6.45) is 10.8. The van der Waals surface area contributed by atoms with E-state index in [2.05, 4.69) is 6.92 Å². The standard InChI is InChI=1S/C34H47N3O5/c1-6-14-24(5)36-20-13-18-34-28(31(40)37(29(34)32(36)41)26(22-38)23(4)7-2)27-30(39)35(21-25-15-10-9-11-16-25)19-12-17-33(27,8-3)42-34/h9-13,15-18,23-24,26-29,38H,6-8,14,19-22H2,1-5H3/t23-,24?,26-,27-,28-,29?,33+,34-/m0/s1. The van der Waals surface area contributed by atoms with Crippen LogP contribution in [0.2, 0.25) is 0 Å². The Balaban J connectivity index is 1.65. The lowest BCUT2D eigenvalue weighted by Gasteiger charge is -2.43. The Morgan fingerprint density at radius 2 is 1.67 bits per heavy atom. The number of amides is 3. The molecule has 0 radical (unpaired) electrons. The van der Waals surface area contributed by atoms with Gasteiger partial charge in [0.15, 0.2) is 0 Å². The van der Waals surface area contributed by atoms with Gasteiger partial charge in [0, 0.05) is 25.7 Å². The number of ether oxygens (including phenoxy) is 1. The number of carbonyl (C=O) groups is 3. The van der Waals surface area contributed by atoms with Crippen LogP contribution in [0.25, 0.3) is 0 Å². The number of likely N-dealkylation sites (tertiary alicyclic amines) is 1. The Labute approximate surface area is 250 Å². The van der Waals surface area contributed by atoms with Gasteiger partial charge in [-0.2, -0.15) is 0 Å². The van der Waals surface area contributed by atoms with Crippen LogP contribution in [-0.4, -0.2) is 86.6 Å². The topological polar surface area (TPSA) is 90.4 Å². The molecule has 4 aliphatic rings. The molecular weight excluding hydrogens is 530 g/mol. The number of nitrogens with zero attached hydrogens (tertiary/aromatic N) is 3. The monoisotopic (exact) mass is 577 g/mol. The third kappa shape index (κ3) is 4.71. The Kier molecular flexibility index (Phi) is 8.68. The molecule has 8 atom stereocenters. The molecule has 0 aliphatic carbocycles. The molecule has 228 valence electrons. The second-order valence-electron chi connectivity index (χ2n) is 12.6. The maximum absolute atomic E-state index is 14.8. The molecule has 1 N–H and O–H groups in total. The van der Waals surface area contributed by atoms with Crippen LogP contribution in [0.3, 0.4) is 0 Å². The first kappa shape index (κ1) is 30.5. The predicted octanol–water partition coefficient (Wildman–Crippen LogP) is 3.94. The van der Waals surface area contributed by atoms with Crippen LogP contribution in [0.5, 0.6) is 0 Å². The molecule has 3 amide bonds. The highest BCUT2D eigenvalue weighted by Gasteiger charge is 2.76. The van der Waals surface area contributed by atoms with Crippen LogP contribution in [0.1, 0.15) is 65.9 Å². The van der Waals surface area contributed by atoms with Gasteiger partial charge in [0.25, 0.3) is 0 Å². The summed E-state index contributed by atoms with van der Waals surface area (Å²) in [5.41, 5.74) is -1.32. The van der Waals surface area contributed by atoms with Crippen molar-refractivity contribution < 1.29 is 24.2 Å². The van der Waals surface area contributed by atoms with Crippen molar-refractivity contribution in [2.75, 3.05) is 19.7 Å². The number of aliphatic hydroxyl groups excluding tert-OH is 1. The minimum atomic E-state index is -1.31. The molecule has 2 fully saturated rings. The number of rotatable bonds is 10.